The van der Waals surface area contributed by atoms with E-state index in [1.54, 1.807) is 10.8 Å². The molecule has 0 aliphatic carbocycles. The first-order valence-corrected chi connectivity index (χ1v) is 7.73. The monoisotopic (exact) mass is 325 g/mol. The number of carbonyl (C=O) groups excluding carboxylic acids is 1. The fourth-order valence-electron chi connectivity index (χ4n) is 2.40. The maximum Gasteiger partial charge on any atom is 0.236 e. The third-order valence-electron chi connectivity index (χ3n) is 3.56. The largest absolute Gasteiger partial charge is 0.378 e. The lowest BCUT2D eigenvalue weighted by molar-refractivity contribution is -0.136. The van der Waals surface area contributed by atoms with Crippen molar-refractivity contribution in [1.29, 1.82) is 0 Å². The summed E-state index contributed by atoms with van der Waals surface area (Å²) in [4.78, 5) is 16.0. The van der Waals surface area contributed by atoms with Gasteiger partial charge < -0.3 is 14.2 Å². The highest BCUT2D eigenvalue weighted by atomic mass is 32.1. The SMILES string of the molecule is C=CCn1c(C)nn(CN(C)CC(=O)N2CCOCC2)c1=S. The summed E-state index contributed by atoms with van der Waals surface area (Å²) in [7, 11) is 1.89. The van der Waals surface area contributed by atoms with Gasteiger partial charge in [0.25, 0.3) is 0 Å². The molecule has 0 atom stereocenters. The zero-order valence-corrected chi connectivity index (χ0v) is 14.0. The highest BCUT2D eigenvalue weighted by Gasteiger charge is 2.18. The third kappa shape index (κ3) is 4.02. The summed E-state index contributed by atoms with van der Waals surface area (Å²) in [6, 6.07) is 0. The molecule has 2 rings (SSSR count). The first kappa shape index (κ1) is 16.9. The number of rotatable bonds is 6. The number of nitrogens with zero attached hydrogens (tertiary/aromatic N) is 5. The summed E-state index contributed by atoms with van der Waals surface area (Å²) in [5.41, 5.74) is 0. The van der Waals surface area contributed by atoms with Gasteiger partial charge in [0.2, 0.25) is 5.91 Å². The molecule has 2 heterocycles. The number of aryl methyl sites for hydroxylation is 1. The van der Waals surface area contributed by atoms with E-state index in [0.29, 0.717) is 50.8 Å². The second-order valence-corrected chi connectivity index (χ2v) is 5.74. The number of allylic oxidation sites excluding steroid dienone is 1. The van der Waals surface area contributed by atoms with Crippen LogP contribution in [-0.4, -0.2) is 70.0 Å². The van der Waals surface area contributed by atoms with Crippen molar-refractivity contribution in [3.8, 4) is 0 Å². The number of amides is 1. The molecular weight excluding hydrogens is 302 g/mol. The Hall–Kier alpha value is -1.51. The second-order valence-electron chi connectivity index (χ2n) is 5.38. The Morgan fingerprint density at radius 2 is 2.18 bits per heavy atom. The van der Waals surface area contributed by atoms with E-state index in [4.69, 9.17) is 17.0 Å². The number of likely N-dealkylation sites (N-methyl/N-ethyl adjacent to an activating group) is 1. The van der Waals surface area contributed by atoms with Crippen LogP contribution in [0.15, 0.2) is 12.7 Å². The van der Waals surface area contributed by atoms with Crippen molar-refractivity contribution in [1.82, 2.24) is 24.1 Å². The van der Waals surface area contributed by atoms with Crippen LogP contribution in [0.4, 0.5) is 0 Å². The van der Waals surface area contributed by atoms with Crippen molar-refractivity contribution in [3.63, 3.8) is 0 Å². The molecule has 1 aromatic heterocycles. The van der Waals surface area contributed by atoms with E-state index in [1.807, 2.05) is 28.3 Å². The van der Waals surface area contributed by atoms with Gasteiger partial charge in [-0.3, -0.25) is 9.69 Å². The minimum atomic E-state index is 0.111. The van der Waals surface area contributed by atoms with E-state index in [1.165, 1.54) is 0 Å². The molecule has 0 unspecified atom stereocenters. The molecular formula is C14H23N5O2S. The minimum Gasteiger partial charge on any atom is -0.378 e. The van der Waals surface area contributed by atoms with Crippen molar-refractivity contribution in [2.24, 2.45) is 0 Å². The van der Waals surface area contributed by atoms with Gasteiger partial charge in [-0.05, 0) is 26.2 Å². The van der Waals surface area contributed by atoms with Gasteiger partial charge in [-0.15, -0.1) is 6.58 Å². The number of hydrogen-bond donors (Lipinski definition) is 0. The molecule has 1 aliphatic heterocycles. The summed E-state index contributed by atoms with van der Waals surface area (Å²) in [6.45, 7) is 9.67. The highest BCUT2D eigenvalue weighted by Crippen LogP contribution is 2.03. The van der Waals surface area contributed by atoms with Crippen molar-refractivity contribution < 1.29 is 9.53 Å². The van der Waals surface area contributed by atoms with Crippen molar-refractivity contribution in [2.75, 3.05) is 39.9 Å². The third-order valence-corrected chi connectivity index (χ3v) is 3.99. The van der Waals surface area contributed by atoms with Crippen LogP contribution in [0.3, 0.4) is 0 Å². The molecule has 0 N–H and O–H groups in total. The van der Waals surface area contributed by atoms with E-state index >= 15 is 0 Å². The van der Waals surface area contributed by atoms with Crippen LogP contribution in [-0.2, 0) is 22.7 Å². The number of ether oxygens (including phenoxy) is 1. The van der Waals surface area contributed by atoms with Gasteiger partial charge in [0.1, 0.15) is 5.82 Å². The molecule has 1 aromatic rings. The molecule has 8 heteroatoms. The van der Waals surface area contributed by atoms with E-state index in [-0.39, 0.29) is 5.91 Å². The molecule has 1 fully saturated rings. The maximum absolute atomic E-state index is 12.2. The zero-order valence-electron chi connectivity index (χ0n) is 13.2. The van der Waals surface area contributed by atoms with E-state index in [0.717, 1.165) is 5.82 Å². The van der Waals surface area contributed by atoms with Crippen LogP contribution in [0.1, 0.15) is 5.82 Å². The zero-order chi connectivity index (χ0) is 16.1. The van der Waals surface area contributed by atoms with Crippen LogP contribution in [0.25, 0.3) is 0 Å². The Labute approximate surface area is 135 Å². The summed E-state index contributed by atoms with van der Waals surface area (Å²) in [5, 5.41) is 4.43. The smallest absolute Gasteiger partial charge is 0.236 e. The number of aromatic nitrogens is 3. The van der Waals surface area contributed by atoms with Crippen LogP contribution < -0.4 is 0 Å². The van der Waals surface area contributed by atoms with E-state index in [2.05, 4.69) is 11.7 Å². The van der Waals surface area contributed by atoms with Crippen LogP contribution in [0.5, 0.6) is 0 Å². The van der Waals surface area contributed by atoms with Gasteiger partial charge in [0.05, 0.1) is 26.4 Å². The Bertz CT molecular complexity index is 589. The van der Waals surface area contributed by atoms with Crippen molar-refractivity contribution in [2.45, 2.75) is 20.1 Å². The van der Waals surface area contributed by atoms with Gasteiger partial charge in [-0.25, -0.2) is 4.68 Å². The molecule has 0 spiro atoms. The van der Waals surface area contributed by atoms with Gasteiger partial charge in [-0.1, -0.05) is 6.08 Å². The summed E-state index contributed by atoms with van der Waals surface area (Å²) < 4.78 is 9.55. The van der Waals surface area contributed by atoms with E-state index < -0.39 is 0 Å². The normalized spacial score (nSPS) is 15.3. The Kier molecular flexibility index (Phi) is 5.87. The fraction of sp³-hybridized carbons (Fsp3) is 0.643. The number of morpholine rings is 1. The molecule has 0 aromatic carbocycles. The van der Waals surface area contributed by atoms with Crippen molar-refractivity contribution >= 4 is 18.1 Å². The predicted octanol–water partition coefficient (Wildman–Crippen LogP) is 0.657. The lowest BCUT2D eigenvalue weighted by atomic mass is 10.4. The fourth-order valence-corrected chi connectivity index (χ4v) is 2.71. The molecule has 0 saturated carbocycles. The number of hydrogen-bond acceptors (Lipinski definition) is 5. The lowest BCUT2D eigenvalue weighted by Crippen LogP contribution is -2.45. The first-order chi connectivity index (χ1) is 10.5. The van der Waals surface area contributed by atoms with Gasteiger partial charge in [0.15, 0.2) is 4.77 Å². The van der Waals surface area contributed by atoms with Crippen molar-refractivity contribution in [3.05, 3.63) is 23.3 Å². The molecule has 122 valence electrons. The maximum atomic E-state index is 12.2. The Morgan fingerprint density at radius 1 is 1.50 bits per heavy atom. The quantitative estimate of drug-likeness (QED) is 0.568. The summed E-state index contributed by atoms with van der Waals surface area (Å²) in [5.74, 6) is 0.956. The average molecular weight is 325 g/mol. The first-order valence-electron chi connectivity index (χ1n) is 7.32. The second kappa shape index (κ2) is 7.66. The minimum absolute atomic E-state index is 0.111. The van der Waals surface area contributed by atoms with Crippen LogP contribution in [0, 0.1) is 11.7 Å². The standard InChI is InChI=1S/C14H23N5O2S/c1-4-5-18-12(2)15-19(14(18)22)11-16(3)10-13(20)17-6-8-21-9-7-17/h4H,1,5-11H2,2-3H3. The molecule has 0 radical (unpaired) electrons. The molecule has 1 amide bonds. The van der Waals surface area contributed by atoms with Gasteiger partial charge >= 0.3 is 0 Å². The topological polar surface area (TPSA) is 55.5 Å². The lowest BCUT2D eigenvalue weighted by Gasteiger charge is -2.28. The highest BCUT2D eigenvalue weighted by molar-refractivity contribution is 7.71. The average Bonchev–Trinajstić information content (AvgIpc) is 2.76. The molecule has 0 bridgehead atoms. The van der Waals surface area contributed by atoms with Crippen LogP contribution in [0.2, 0.25) is 0 Å². The number of carbonyl (C=O) groups is 1. The molecule has 1 saturated heterocycles. The Morgan fingerprint density at radius 3 is 2.82 bits per heavy atom. The summed E-state index contributed by atoms with van der Waals surface area (Å²) in [6.07, 6.45) is 1.79. The molecule has 1 aliphatic rings. The van der Waals surface area contributed by atoms with E-state index in [9.17, 15) is 4.79 Å². The molecule has 7 nitrogen and oxygen atoms in total. The van der Waals surface area contributed by atoms with Gasteiger partial charge in [0, 0.05) is 19.6 Å². The molecule has 22 heavy (non-hydrogen) atoms. The van der Waals surface area contributed by atoms with Crippen LogP contribution >= 0.6 is 12.2 Å². The Balaban J connectivity index is 1.95. The summed E-state index contributed by atoms with van der Waals surface area (Å²) >= 11 is 5.41. The van der Waals surface area contributed by atoms with Gasteiger partial charge in [-0.2, -0.15) is 5.10 Å². The predicted molar refractivity (Wildman–Crippen MR) is 86.0 cm³/mol.